The van der Waals surface area contributed by atoms with Gasteiger partial charge in [0, 0.05) is 31.2 Å². The third-order valence-corrected chi connectivity index (χ3v) is 4.46. The van der Waals surface area contributed by atoms with Gasteiger partial charge in [-0.25, -0.2) is 9.67 Å². The molecule has 1 aliphatic heterocycles. The third-order valence-electron chi connectivity index (χ3n) is 4.24. The molecule has 146 valence electrons. The minimum atomic E-state index is -0.286. The molecule has 4 rings (SSSR count). The molecule has 1 aliphatic rings. The van der Waals surface area contributed by atoms with Crippen LogP contribution < -0.4 is 10.6 Å². The number of morpholine rings is 1. The Morgan fingerprint density at radius 2 is 2.04 bits per heavy atom. The number of anilines is 1. The number of pyridine rings is 1. The van der Waals surface area contributed by atoms with Gasteiger partial charge in [0.25, 0.3) is 5.91 Å². The van der Waals surface area contributed by atoms with Crippen LogP contribution >= 0.6 is 24.0 Å². The fraction of sp³-hybridized carbons (Fsp3) is 0.211. The zero-order valence-corrected chi connectivity index (χ0v) is 16.4. The lowest BCUT2D eigenvalue weighted by Gasteiger charge is -2.24. The smallest absolute Gasteiger partial charge is 0.276 e. The van der Waals surface area contributed by atoms with Crippen LogP contribution in [0.4, 0.5) is 5.69 Å². The lowest BCUT2D eigenvalue weighted by atomic mass is 10.1. The number of aromatic nitrogens is 3. The first-order valence-electron chi connectivity index (χ1n) is 8.60. The minimum absolute atomic E-state index is 0. The SMILES string of the molecule is Cl.O=C(Nc1ccc([C@H]2CNCCO2)cc1)c1ccn(-c2ccc(Cl)cn2)n1. The van der Waals surface area contributed by atoms with Gasteiger partial charge in [0.2, 0.25) is 0 Å². The highest BCUT2D eigenvalue weighted by Crippen LogP contribution is 2.21. The normalized spacial score (nSPS) is 16.2. The zero-order chi connectivity index (χ0) is 18.6. The van der Waals surface area contributed by atoms with Gasteiger partial charge in [-0.2, -0.15) is 5.10 Å². The van der Waals surface area contributed by atoms with E-state index in [9.17, 15) is 4.79 Å². The first kappa shape index (κ1) is 20.3. The van der Waals surface area contributed by atoms with Crippen molar-refractivity contribution in [3.05, 3.63) is 71.1 Å². The van der Waals surface area contributed by atoms with Crippen LogP contribution in [0.15, 0.2) is 54.9 Å². The maximum Gasteiger partial charge on any atom is 0.276 e. The molecule has 28 heavy (non-hydrogen) atoms. The Balaban J connectivity index is 0.00000225. The van der Waals surface area contributed by atoms with E-state index in [4.69, 9.17) is 16.3 Å². The van der Waals surface area contributed by atoms with Gasteiger partial charge in [-0.3, -0.25) is 4.79 Å². The second kappa shape index (κ2) is 9.16. The molecule has 0 radical (unpaired) electrons. The zero-order valence-electron chi connectivity index (χ0n) is 14.8. The number of hydrogen-bond donors (Lipinski definition) is 2. The van der Waals surface area contributed by atoms with E-state index in [2.05, 4.69) is 20.7 Å². The number of nitrogens with one attached hydrogen (secondary N) is 2. The average Bonchev–Trinajstić information content (AvgIpc) is 3.20. The molecule has 9 heteroatoms. The highest BCUT2D eigenvalue weighted by atomic mass is 35.5. The molecule has 0 saturated carbocycles. The Hall–Kier alpha value is -2.45. The molecule has 0 unspecified atom stereocenters. The number of rotatable bonds is 4. The molecule has 1 saturated heterocycles. The van der Waals surface area contributed by atoms with Crippen LogP contribution in [0.25, 0.3) is 5.82 Å². The van der Waals surface area contributed by atoms with Gasteiger partial charge in [0.05, 0.1) is 17.7 Å². The minimum Gasteiger partial charge on any atom is -0.371 e. The van der Waals surface area contributed by atoms with Crippen molar-refractivity contribution in [3.8, 4) is 5.82 Å². The predicted octanol–water partition coefficient (Wildman–Crippen LogP) is 3.26. The molecule has 7 nitrogen and oxygen atoms in total. The number of benzene rings is 1. The maximum atomic E-state index is 12.4. The van der Waals surface area contributed by atoms with Crippen LogP contribution in [-0.4, -0.2) is 40.4 Å². The van der Waals surface area contributed by atoms with E-state index >= 15 is 0 Å². The van der Waals surface area contributed by atoms with Gasteiger partial charge in [-0.1, -0.05) is 23.7 Å². The fourth-order valence-electron chi connectivity index (χ4n) is 2.83. The largest absolute Gasteiger partial charge is 0.371 e. The van der Waals surface area contributed by atoms with Gasteiger partial charge in [0.1, 0.15) is 0 Å². The molecule has 1 amide bonds. The van der Waals surface area contributed by atoms with Crippen LogP contribution in [0.3, 0.4) is 0 Å². The molecule has 3 aromatic rings. The lowest BCUT2D eigenvalue weighted by Crippen LogP contribution is -2.33. The Bertz CT molecular complexity index is 922. The highest BCUT2D eigenvalue weighted by Gasteiger charge is 2.16. The molecule has 0 bridgehead atoms. The van der Waals surface area contributed by atoms with Gasteiger partial charge in [-0.05, 0) is 35.9 Å². The number of carbonyl (C=O) groups is 1. The summed E-state index contributed by atoms with van der Waals surface area (Å²) >= 11 is 5.84. The first-order valence-corrected chi connectivity index (χ1v) is 8.98. The summed E-state index contributed by atoms with van der Waals surface area (Å²) in [5, 5.41) is 11.0. The van der Waals surface area contributed by atoms with Gasteiger partial charge in [0.15, 0.2) is 11.5 Å². The van der Waals surface area contributed by atoms with Crippen molar-refractivity contribution >= 4 is 35.6 Å². The van der Waals surface area contributed by atoms with E-state index in [1.165, 1.54) is 10.9 Å². The van der Waals surface area contributed by atoms with Crippen LogP contribution in [0.2, 0.25) is 5.02 Å². The van der Waals surface area contributed by atoms with E-state index in [1.807, 2.05) is 24.3 Å². The number of carbonyl (C=O) groups excluding carboxylic acids is 1. The van der Waals surface area contributed by atoms with Crippen LogP contribution in [-0.2, 0) is 4.74 Å². The number of ether oxygens (including phenoxy) is 1. The third kappa shape index (κ3) is 4.69. The second-order valence-corrected chi connectivity index (χ2v) is 6.56. The molecule has 3 heterocycles. The summed E-state index contributed by atoms with van der Waals surface area (Å²) in [6.45, 7) is 2.37. The summed E-state index contributed by atoms with van der Waals surface area (Å²) in [6.07, 6.45) is 3.26. The quantitative estimate of drug-likeness (QED) is 0.678. The highest BCUT2D eigenvalue weighted by molar-refractivity contribution is 6.30. The van der Waals surface area contributed by atoms with E-state index in [1.54, 1.807) is 24.4 Å². The van der Waals surface area contributed by atoms with Gasteiger partial charge >= 0.3 is 0 Å². The molecule has 2 aromatic heterocycles. The van der Waals surface area contributed by atoms with Crippen molar-refractivity contribution in [2.75, 3.05) is 25.0 Å². The van der Waals surface area contributed by atoms with Crippen LogP contribution in [0, 0.1) is 0 Å². The predicted molar refractivity (Wildman–Crippen MR) is 110 cm³/mol. The standard InChI is InChI=1S/C19H18ClN5O2.ClH/c20-14-3-6-18(22-11-14)25-9-7-16(24-25)19(26)23-15-4-1-13(2-5-15)17-12-21-8-10-27-17;/h1-7,9,11,17,21H,8,10,12H2,(H,23,26);1H/t17-;/m1./s1. The molecular weight excluding hydrogens is 401 g/mol. The Morgan fingerprint density at radius 1 is 1.21 bits per heavy atom. The Kier molecular flexibility index (Phi) is 6.64. The van der Waals surface area contributed by atoms with Crippen molar-refractivity contribution in [3.63, 3.8) is 0 Å². The van der Waals surface area contributed by atoms with Crippen molar-refractivity contribution in [2.24, 2.45) is 0 Å². The summed E-state index contributed by atoms with van der Waals surface area (Å²) in [5.41, 5.74) is 2.08. The summed E-state index contributed by atoms with van der Waals surface area (Å²) in [5.74, 6) is 0.301. The molecule has 1 aromatic carbocycles. The summed E-state index contributed by atoms with van der Waals surface area (Å²) in [4.78, 5) is 16.6. The van der Waals surface area contributed by atoms with E-state index in [0.29, 0.717) is 28.8 Å². The second-order valence-electron chi connectivity index (χ2n) is 6.12. The number of nitrogens with zero attached hydrogens (tertiary/aromatic N) is 3. The van der Waals surface area contributed by atoms with Gasteiger partial charge in [-0.15, -0.1) is 12.4 Å². The van der Waals surface area contributed by atoms with Crippen molar-refractivity contribution < 1.29 is 9.53 Å². The summed E-state index contributed by atoms with van der Waals surface area (Å²) in [7, 11) is 0. The molecule has 0 aliphatic carbocycles. The van der Waals surface area contributed by atoms with Crippen molar-refractivity contribution in [1.82, 2.24) is 20.1 Å². The Labute approximate surface area is 173 Å². The first-order chi connectivity index (χ1) is 13.2. The number of hydrogen-bond acceptors (Lipinski definition) is 5. The molecule has 1 fully saturated rings. The van der Waals surface area contributed by atoms with Gasteiger partial charge < -0.3 is 15.4 Å². The fourth-order valence-corrected chi connectivity index (χ4v) is 2.94. The van der Waals surface area contributed by atoms with Crippen LogP contribution in [0.5, 0.6) is 0 Å². The van der Waals surface area contributed by atoms with Crippen molar-refractivity contribution in [2.45, 2.75) is 6.10 Å². The maximum absolute atomic E-state index is 12.4. The molecule has 2 N–H and O–H groups in total. The average molecular weight is 420 g/mol. The summed E-state index contributed by atoms with van der Waals surface area (Å²) < 4.78 is 7.26. The number of amides is 1. The topological polar surface area (TPSA) is 81.1 Å². The van der Waals surface area contributed by atoms with E-state index in [0.717, 1.165) is 18.7 Å². The molecule has 0 spiro atoms. The number of halogens is 2. The van der Waals surface area contributed by atoms with Crippen LogP contribution in [0.1, 0.15) is 22.2 Å². The van der Waals surface area contributed by atoms with E-state index in [-0.39, 0.29) is 24.4 Å². The molecule has 1 atom stereocenters. The van der Waals surface area contributed by atoms with E-state index < -0.39 is 0 Å². The summed E-state index contributed by atoms with van der Waals surface area (Å²) in [6, 6.07) is 12.7. The monoisotopic (exact) mass is 419 g/mol. The lowest BCUT2D eigenvalue weighted by molar-refractivity contribution is 0.0277. The molecular formula is C19H19Cl2N5O2. The Morgan fingerprint density at radius 3 is 2.71 bits per heavy atom. The van der Waals surface area contributed by atoms with Crippen molar-refractivity contribution in [1.29, 1.82) is 0 Å².